The number of esters is 1. The van der Waals surface area contributed by atoms with E-state index in [1.807, 2.05) is 0 Å². The van der Waals surface area contributed by atoms with E-state index in [9.17, 15) is 25.0 Å². The number of nitro benzene ring substituents is 2. The number of methoxy groups -OCH3 is 2. The van der Waals surface area contributed by atoms with Gasteiger partial charge < -0.3 is 14.2 Å². The van der Waals surface area contributed by atoms with E-state index in [1.54, 1.807) is 26.0 Å². The number of rotatable bonds is 7. The lowest BCUT2D eigenvalue weighted by molar-refractivity contribution is -0.395. The fraction of sp³-hybridized carbons (Fsp3) is 0.278. The topological polar surface area (TPSA) is 131 Å². The van der Waals surface area contributed by atoms with Crippen LogP contribution >= 0.6 is 0 Å². The highest BCUT2D eigenvalue weighted by Crippen LogP contribution is 2.42. The van der Waals surface area contributed by atoms with Crippen LogP contribution in [0, 0.1) is 34.1 Å². The molecule has 2 aromatic rings. The van der Waals surface area contributed by atoms with Gasteiger partial charge in [-0.15, -0.1) is 0 Å². The summed E-state index contributed by atoms with van der Waals surface area (Å²) in [6.07, 6.45) is -0.348. The van der Waals surface area contributed by atoms with Gasteiger partial charge in [0.2, 0.25) is 0 Å². The highest BCUT2D eigenvalue weighted by Gasteiger charge is 2.30. The van der Waals surface area contributed by atoms with Crippen molar-refractivity contribution in [3.63, 3.8) is 0 Å². The van der Waals surface area contributed by atoms with Crippen LogP contribution in [0.25, 0.3) is 0 Å². The molecule has 0 aliphatic heterocycles. The van der Waals surface area contributed by atoms with Crippen molar-refractivity contribution in [2.45, 2.75) is 20.3 Å². The Hall–Kier alpha value is -3.69. The molecule has 10 heteroatoms. The quantitative estimate of drug-likeness (QED) is 0.398. The number of nitrogens with zero attached hydrogens (tertiary/aromatic N) is 2. The Morgan fingerprint density at radius 1 is 0.929 bits per heavy atom. The Morgan fingerprint density at radius 2 is 1.43 bits per heavy atom. The predicted octanol–water partition coefficient (Wildman–Crippen LogP) is 3.64. The Morgan fingerprint density at radius 3 is 1.82 bits per heavy atom. The number of hydrogen-bond acceptors (Lipinski definition) is 8. The second kappa shape index (κ2) is 8.33. The summed E-state index contributed by atoms with van der Waals surface area (Å²) in [5.74, 6) is -0.404. The Labute approximate surface area is 159 Å². The zero-order valence-electron chi connectivity index (χ0n) is 15.7. The first-order chi connectivity index (χ1) is 13.2. The van der Waals surface area contributed by atoms with Crippen LogP contribution in [0.3, 0.4) is 0 Å². The molecule has 148 valence electrons. The lowest BCUT2D eigenvalue weighted by Gasteiger charge is -2.13. The van der Waals surface area contributed by atoms with Crippen molar-refractivity contribution in [3.8, 4) is 17.2 Å². The molecule has 10 nitrogen and oxygen atoms in total. The van der Waals surface area contributed by atoms with Crippen molar-refractivity contribution < 1.29 is 28.9 Å². The first kappa shape index (κ1) is 20.6. The molecular formula is C18H18N2O8. The lowest BCUT2D eigenvalue weighted by Crippen LogP contribution is -2.07. The van der Waals surface area contributed by atoms with Gasteiger partial charge in [0.25, 0.3) is 5.75 Å². The zero-order chi connectivity index (χ0) is 21.0. The van der Waals surface area contributed by atoms with Gasteiger partial charge in [0, 0.05) is 12.1 Å². The monoisotopic (exact) mass is 390 g/mol. The van der Waals surface area contributed by atoms with Crippen LogP contribution in [0.15, 0.2) is 24.3 Å². The summed E-state index contributed by atoms with van der Waals surface area (Å²) >= 11 is 0. The first-order valence-corrected chi connectivity index (χ1v) is 8.03. The predicted molar refractivity (Wildman–Crippen MR) is 98.0 cm³/mol. The summed E-state index contributed by atoms with van der Waals surface area (Å²) in [4.78, 5) is 32.8. The Balaban J connectivity index is 2.60. The summed E-state index contributed by atoms with van der Waals surface area (Å²) in [6.45, 7) is 3.50. The maximum Gasteiger partial charge on any atom is 0.319 e. The summed E-state index contributed by atoms with van der Waals surface area (Å²) in [7, 11) is 2.66. The average molecular weight is 390 g/mol. The van der Waals surface area contributed by atoms with E-state index in [4.69, 9.17) is 9.47 Å². The minimum Gasteiger partial charge on any atom is -0.496 e. The molecule has 2 rings (SSSR count). The molecule has 0 amide bonds. The van der Waals surface area contributed by atoms with Crippen LogP contribution in [-0.4, -0.2) is 30.0 Å². The molecule has 0 saturated carbocycles. The molecule has 2 aromatic carbocycles. The van der Waals surface area contributed by atoms with Crippen LogP contribution in [0.1, 0.15) is 16.7 Å². The molecule has 0 spiro atoms. The van der Waals surface area contributed by atoms with E-state index in [0.29, 0.717) is 16.9 Å². The lowest BCUT2D eigenvalue weighted by atomic mass is 10.1. The summed E-state index contributed by atoms with van der Waals surface area (Å²) in [6, 6.07) is 5.23. The van der Waals surface area contributed by atoms with Crippen LogP contribution in [0.5, 0.6) is 17.2 Å². The number of nitro groups is 2. The van der Waals surface area contributed by atoms with Crippen molar-refractivity contribution in [1.82, 2.24) is 0 Å². The van der Waals surface area contributed by atoms with Crippen molar-refractivity contribution in [1.29, 1.82) is 0 Å². The van der Waals surface area contributed by atoms with E-state index in [1.165, 1.54) is 7.11 Å². The molecule has 0 saturated heterocycles. The molecular weight excluding hydrogens is 372 g/mol. The molecule has 0 aliphatic carbocycles. The molecule has 0 aromatic heterocycles. The molecule has 0 radical (unpaired) electrons. The third-order valence-corrected chi connectivity index (χ3v) is 3.94. The van der Waals surface area contributed by atoms with Gasteiger partial charge in [-0.3, -0.25) is 25.0 Å². The average Bonchev–Trinajstić information content (AvgIpc) is 2.61. The zero-order valence-corrected chi connectivity index (χ0v) is 15.7. The smallest absolute Gasteiger partial charge is 0.319 e. The summed E-state index contributed by atoms with van der Waals surface area (Å²) < 4.78 is 15.3. The molecule has 0 heterocycles. The number of aryl methyl sites for hydroxylation is 2. The van der Waals surface area contributed by atoms with Crippen LogP contribution in [0.4, 0.5) is 11.4 Å². The van der Waals surface area contributed by atoms with Crippen molar-refractivity contribution in [2.75, 3.05) is 14.2 Å². The van der Waals surface area contributed by atoms with Gasteiger partial charge in [0.1, 0.15) is 11.5 Å². The number of benzene rings is 2. The minimum atomic E-state index is -0.799. The second-order valence-electron chi connectivity index (χ2n) is 5.92. The van der Waals surface area contributed by atoms with Crippen LogP contribution in [0.2, 0.25) is 0 Å². The van der Waals surface area contributed by atoms with Crippen molar-refractivity contribution in [2.24, 2.45) is 0 Å². The van der Waals surface area contributed by atoms with E-state index in [2.05, 4.69) is 4.74 Å². The minimum absolute atomic E-state index is 0.0692. The van der Waals surface area contributed by atoms with Crippen LogP contribution in [-0.2, 0) is 16.0 Å². The van der Waals surface area contributed by atoms with Gasteiger partial charge in [0.15, 0.2) is 0 Å². The molecule has 28 heavy (non-hydrogen) atoms. The maximum atomic E-state index is 11.5. The van der Waals surface area contributed by atoms with Gasteiger partial charge in [-0.2, -0.15) is 0 Å². The largest absolute Gasteiger partial charge is 0.496 e. The molecule has 0 aliphatic rings. The SMILES string of the molecule is COC(=O)Cc1cc([N+](=O)[O-])c(Oc2cc(C)c(OC)c(C)c2)c([N+](=O)[O-])c1. The Kier molecular flexibility index (Phi) is 6.14. The third kappa shape index (κ3) is 4.34. The molecule has 0 atom stereocenters. The molecule has 0 N–H and O–H groups in total. The number of carbonyl (C=O) groups is 1. The maximum absolute atomic E-state index is 11.5. The first-order valence-electron chi connectivity index (χ1n) is 8.03. The third-order valence-electron chi connectivity index (χ3n) is 3.94. The van der Waals surface area contributed by atoms with E-state index in [-0.39, 0.29) is 17.7 Å². The second-order valence-corrected chi connectivity index (χ2v) is 5.92. The Bertz CT molecular complexity index is 897. The van der Waals surface area contributed by atoms with Gasteiger partial charge in [-0.05, 0) is 42.7 Å². The number of hydrogen-bond donors (Lipinski definition) is 0. The molecule has 0 unspecified atom stereocenters. The fourth-order valence-corrected chi connectivity index (χ4v) is 2.78. The number of ether oxygens (including phenoxy) is 3. The van der Waals surface area contributed by atoms with E-state index in [0.717, 1.165) is 19.2 Å². The van der Waals surface area contributed by atoms with Gasteiger partial charge in [-0.25, -0.2) is 0 Å². The van der Waals surface area contributed by atoms with E-state index < -0.39 is 32.9 Å². The number of carbonyl (C=O) groups excluding carboxylic acids is 1. The molecule has 0 bridgehead atoms. The normalized spacial score (nSPS) is 10.3. The summed E-state index contributed by atoms with van der Waals surface area (Å²) in [5.41, 5.74) is 0.216. The highest BCUT2D eigenvalue weighted by molar-refractivity contribution is 5.74. The van der Waals surface area contributed by atoms with Crippen molar-refractivity contribution >= 4 is 17.3 Å². The van der Waals surface area contributed by atoms with Crippen LogP contribution < -0.4 is 9.47 Å². The van der Waals surface area contributed by atoms with E-state index >= 15 is 0 Å². The standard InChI is InChI=1S/C18H18N2O8/c1-10-5-13(6-11(2)17(10)27-4)28-18-14(19(22)23)7-12(9-16(21)26-3)8-15(18)20(24)25/h5-8H,9H2,1-4H3. The fourth-order valence-electron chi connectivity index (χ4n) is 2.78. The van der Waals surface area contributed by atoms with Gasteiger partial charge in [0.05, 0.1) is 30.5 Å². The van der Waals surface area contributed by atoms with Gasteiger partial charge in [-0.1, -0.05) is 0 Å². The highest BCUT2D eigenvalue weighted by atomic mass is 16.6. The summed E-state index contributed by atoms with van der Waals surface area (Å²) in [5, 5.41) is 23.0. The molecule has 0 fully saturated rings. The van der Waals surface area contributed by atoms with Crippen molar-refractivity contribution in [3.05, 3.63) is 61.2 Å². The van der Waals surface area contributed by atoms with Gasteiger partial charge >= 0.3 is 17.3 Å².